The van der Waals surface area contributed by atoms with Crippen molar-refractivity contribution < 1.29 is 197 Å². The first-order valence-electron chi connectivity index (χ1n) is 32.0. The van der Waals surface area contributed by atoms with E-state index >= 15 is 0 Å². The molecule has 44 heteroatoms. The van der Waals surface area contributed by atoms with Crippen molar-refractivity contribution in [1.82, 2.24) is 21.3 Å². The maximum atomic E-state index is 13.0. The van der Waals surface area contributed by atoms with Crippen LogP contribution < -0.4 is 21.3 Å². The van der Waals surface area contributed by atoms with Crippen molar-refractivity contribution in [3.63, 3.8) is 0 Å². The normalized spacial score (nSPS) is 48.7. The zero-order valence-corrected chi connectivity index (χ0v) is 54.2. The second-order valence-corrected chi connectivity index (χ2v) is 25.4. The van der Waals surface area contributed by atoms with Gasteiger partial charge in [0.05, 0.1) is 52.4 Å². The Morgan fingerprint density at radius 1 is 0.280 bits per heavy atom. The highest BCUT2D eigenvalue weighted by molar-refractivity contribution is 5.74. The molecule has 8 rings (SSSR count). The number of hydrogen-bond donors (Lipinski definition) is 25. The largest absolute Gasteiger partial charge is 0.394 e. The molecule has 40 atom stereocenters. The summed E-state index contributed by atoms with van der Waals surface area (Å²) in [5.41, 5.74) is 0. The van der Waals surface area contributed by atoms with E-state index in [9.17, 15) is 126 Å². The summed E-state index contributed by atoms with van der Waals surface area (Å²) in [7, 11) is 0. The number of amides is 4. The molecule has 0 radical (unpaired) electrons. The molecule has 25 N–H and O–H groups in total. The Balaban J connectivity index is 1.07. The van der Waals surface area contributed by atoms with Crippen molar-refractivity contribution in [1.29, 1.82) is 0 Å². The lowest BCUT2D eigenvalue weighted by molar-refractivity contribution is -0.390. The minimum absolute atomic E-state index is 0.768. The Kier molecular flexibility index (Phi) is 29.3. The summed E-state index contributed by atoms with van der Waals surface area (Å²) < 4.78 is 87.6. The van der Waals surface area contributed by atoms with Gasteiger partial charge in [-0.15, -0.1) is 0 Å². The molecule has 0 aliphatic carbocycles. The van der Waals surface area contributed by atoms with E-state index in [1.165, 1.54) is 6.92 Å². The number of aliphatic hydroxyl groups is 21. The highest BCUT2D eigenvalue weighted by atomic mass is 16.8. The van der Waals surface area contributed by atoms with Crippen molar-refractivity contribution >= 4 is 23.6 Å². The van der Waals surface area contributed by atoms with Gasteiger partial charge in [0, 0.05) is 27.7 Å². The van der Waals surface area contributed by atoms with E-state index in [2.05, 4.69) is 21.3 Å². The Labute approximate surface area is 567 Å². The summed E-state index contributed by atoms with van der Waals surface area (Å²) in [6.07, 6.45) is -70.0. The van der Waals surface area contributed by atoms with Crippen LogP contribution in [0.15, 0.2) is 0 Å². The van der Waals surface area contributed by atoms with Crippen molar-refractivity contribution in [3.8, 4) is 0 Å². The molecular weight excluding hydrogens is 1370 g/mol. The lowest BCUT2D eigenvalue weighted by Gasteiger charge is -2.50. The maximum Gasteiger partial charge on any atom is 0.217 e. The van der Waals surface area contributed by atoms with Gasteiger partial charge >= 0.3 is 0 Å². The summed E-state index contributed by atoms with van der Waals surface area (Å²) >= 11 is 0. The van der Waals surface area contributed by atoms with Crippen LogP contribution in [0.4, 0.5) is 0 Å². The van der Waals surface area contributed by atoms with Gasteiger partial charge in [-0.3, -0.25) is 19.2 Å². The molecule has 0 aromatic rings. The Hall–Kier alpha value is -3.56. The lowest BCUT2D eigenvalue weighted by atomic mass is 9.93. The van der Waals surface area contributed by atoms with E-state index in [0.717, 1.165) is 27.7 Å². The number of carbonyl (C=O) groups excluding carboxylic acids is 4. The fourth-order valence-corrected chi connectivity index (χ4v) is 12.9. The smallest absolute Gasteiger partial charge is 0.217 e. The van der Waals surface area contributed by atoms with Crippen LogP contribution in [-0.2, 0) is 90.2 Å². The monoisotopic (exact) mass is 1460 g/mol. The quantitative estimate of drug-likeness (QED) is 0.0404. The van der Waals surface area contributed by atoms with Gasteiger partial charge in [-0.1, -0.05) is 0 Å². The van der Waals surface area contributed by atoms with Gasteiger partial charge in [-0.05, 0) is 6.92 Å². The van der Waals surface area contributed by atoms with Crippen molar-refractivity contribution in [2.24, 2.45) is 0 Å². The number of ether oxygens (including phenoxy) is 15. The van der Waals surface area contributed by atoms with Gasteiger partial charge in [0.15, 0.2) is 50.3 Å². The zero-order chi connectivity index (χ0) is 73.8. The van der Waals surface area contributed by atoms with E-state index < -0.39 is 315 Å². The van der Waals surface area contributed by atoms with E-state index in [1.807, 2.05) is 0 Å². The summed E-state index contributed by atoms with van der Waals surface area (Å²) in [4.78, 5) is 49.7. The number of nitrogens with one attached hydrogen (secondary N) is 4. The van der Waals surface area contributed by atoms with Gasteiger partial charge in [-0.2, -0.15) is 0 Å². The fourth-order valence-electron chi connectivity index (χ4n) is 12.9. The molecule has 8 fully saturated rings. The summed E-state index contributed by atoms with van der Waals surface area (Å²) in [6.45, 7) is -1.64. The predicted molar refractivity (Wildman–Crippen MR) is 309 cm³/mol. The average molecular weight is 1460 g/mol. The van der Waals surface area contributed by atoms with Gasteiger partial charge < -0.3 is 200 Å². The zero-order valence-electron chi connectivity index (χ0n) is 54.2. The number of hydrogen-bond acceptors (Lipinski definition) is 40. The van der Waals surface area contributed by atoms with E-state index in [4.69, 9.17) is 71.1 Å². The molecule has 4 amide bonds. The lowest BCUT2D eigenvalue weighted by Crippen LogP contribution is -2.70. The highest BCUT2D eigenvalue weighted by Crippen LogP contribution is 2.38. The Morgan fingerprint density at radius 3 is 1.04 bits per heavy atom. The number of aliphatic hydroxyl groups excluding tert-OH is 21. The molecule has 0 aromatic heterocycles. The minimum atomic E-state index is -2.44. The van der Waals surface area contributed by atoms with E-state index in [0.29, 0.717) is 0 Å². The minimum Gasteiger partial charge on any atom is -0.394 e. The Morgan fingerprint density at radius 2 is 0.590 bits per heavy atom. The van der Waals surface area contributed by atoms with Crippen molar-refractivity contribution in [2.45, 2.75) is 280 Å². The van der Waals surface area contributed by atoms with Gasteiger partial charge in [0.1, 0.15) is 189 Å². The van der Waals surface area contributed by atoms with Crippen LogP contribution in [0.2, 0.25) is 0 Å². The van der Waals surface area contributed by atoms with E-state index in [1.54, 1.807) is 0 Å². The third-order valence-electron chi connectivity index (χ3n) is 18.2. The molecule has 0 saturated carbocycles. The molecule has 8 heterocycles. The number of carbonyl (C=O) groups is 4. The van der Waals surface area contributed by atoms with Crippen molar-refractivity contribution in [3.05, 3.63) is 0 Å². The topological polar surface area (TPSA) is 680 Å². The van der Waals surface area contributed by atoms with Crippen LogP contribution >= 0.6 is 0 Å². The molecule has 8 aliphatic rings. The standard InChI is InChI=1S/C56H94N4O40/c1-13-29(70)37(78)40(81)53(88-13)87-12-24-47(35(76)25(49(85)89-24)57-14(2)66)98-52-28(60-17(5)69)36(77)44(20(8-63)92-52)99-56-43(84)48(100-55-42(83)39(80)46(22(10-65)94-55)97-51-27(59-16(4)68)34(75)31(72)19(7-62)91-51)32(73)23(95-56)11-86-54-41(82)38(79)45(21(9-64)93-54)96-50-26(58-15(3)67)33(74)30(71)18(6-61)90-50/h13,18-56,61-65,70-85H,6-12H2,1-5H3,(H,57,66)(H,58,67)(H,59,68)(H,60,69)/t13-,18-,19-,20-,21-,22-,23-,24-,25-,26-,27-,28-,29+,30-,31-,32-,33-,34-,35-,36-,37+,38-,39-,40-,41+,42+,43+,44-,45-,46-,47-,48+,49?,50?,51?,52?,53?,54?,55?,56?/m1/s1. The van der Waals surface area contributed by atoms with Crippen LogP contribution in [0, 0.1) is 0 Å². The maximum absolute atomic E-state index is 13.0. The van der Waals surface area contributed by atoms with E-state index in [-0.39, 0.29) is 0 Å². The Bertz CT molecular complexity index is 2620. The average Bonchev–Trinajstić information content (AvgIpc) is 0.776. The van der Waals surface area contributed by atoms with Crippen LogP contribution in [-0.4, -0.2) is 423 Å². The molecule has 0 bridgehead atoms. The molecular formula is C56H94N4O40. The highest BCUT2D eigenvalue weighted by Gasteiger charge is 2.59. The van der Waals surface area contributed by atoms with Crippen LogP contribution in [0.25, 0.3) is 0 Å². The van der Waals surface area contributed by atoms with Gasteiger partial charge in [0.25, 0.3) is 0 Å². The second-order valence-electron chi connectivity index (χ2n) is 25.4. The summed E-state index contributed by atoms with van der Waals surface area (Å²) in [5, 5.41) is 241. The predicted octanol–water partition coefficient (Wildman–Crippen LogP) is -16.8. The summed E-state index contributed by atoms with van der Waals surface area (Å²) in [5.74, 6) is -3.28. The van der Waals surface area contributed by atoms with Gasteiger partial charge in [-0.25, -0.2) is 0 Å². The van der Waals surface area contributed by atoms with Crippen LogP contribution in [0.1, 0.15) is 34.6 Å². The van der Waals surface area contributed by atoms with Crippen LogP contribution in [0.3, 0.4) is 0 Å². The van der Waals surface area contributed by atoms with Gasteiger partial charge in [0.2, 0.25) is 23.6 Å². The first-order valence-corrected chi connectivity index (χ1v) is 32.0. The second kappa shape index (κ2) is 35.7. The third-order valence-corrected chi connectivity index (χ3v) is 18.2. The SMILES string of the molecule is CC(=O)N[C@H]1C(O[C@H]2[C@H](O)[C@H](O)C(OC[C@H]3OC(O[C@H]4[C@H](O)[C@@H](NC(C)=O)C(O[C@H]5[C@H](O)[C@@H](NC(C)=O)C(O)O[C@@H]5COC5O[C@H](C)[C@H](O)[C@H](O)[C@H]5O)O[C@@H]4CO)[C@@H](O)[C@@H](OC4O[C@H](CO)[C@@H](OC5O[C@H](CO)[C@@H](O)[C@H](O)[C@H]5NC(C)=O)[C@H](O)[C@@H]4O)[C@@H]3O)O[C@@H]2CO)O[C@H](CO)[C@@H](O)[C@@H]1O. The molecule has 0 spiro atoms. The number of rotatable bonds is 25. The molecule has 8 saturated heterocycles. The third kappa shape index (κ3) is 18.3. The fraction of sp³-hybridized carbons (Fsp3) is 0.929. The molecule has 8 unspecified atom stereocenters. The molecule has 8 aliphatic heterocycles. The summed E-state index contributed by atoms with van der Waals surface area (Å²) in [6, 6.07) is -6.83. The molecule has 0 aromatic carbocycles. The molecule has 100 heavy (non-hydrogen) atoms. The first kappa shape index (κ1) is 82.1. The molecule has 578 valence electrons. The first-order chi connectivity index (χ1) is 47.2. The van der Waals surface area contributed by atoms with Crippen LogP contribution in [0.5, 0.6) is 0 Å². The molecule has 44 nitrogen and oxygen atoms in total. The van der Waals surface area contributed by atoms with Crippen molar-refractivity contribution in [2.75, 3.05) is 46.2 Å².